The molecule has 0 heterocycles. The second-order valence-electron chi connectivity index (χ2n) is 6.68. The van der Waals surface area contributed by atoms with E-state index in [1.54, 1.807) is 36.4 Å². The molecule has 0 aliphatic carbocycles. The number of hydrogen-bond acceptors (Lipinski definition) is 4. The summed E-state index contributed by atoms with van der Waals surface area (Å²) in [5.74, 6) is -0.946. The van der Waals surface area contributed by atoms with Crippen LogP contribution >= 0.6 is 0 Å². The topological polar surface area (TPSA) is 64.6 Å². The molecule has 0 saturated heterocycles. The van der Waals surface area contributed by atoms with E-state index in [-0.39, 0.29) is 5.56 Å². The number of nitrogens with one attached hydrogen (secondary N) is 1. The fourth-order valence-electron chi connectivity index (χ4n) is 2.92. The molecule has 0 spiro atoms. The molecule has 31 heavy (non-hydrogen) atoms. The highest BCUT2D eigenvalue weighted by molar-refractivity contribution is 6.02. The number of halogens is 2. The summed E-state index contributed by atoms with van der Waals surface area (Å²) in [7, 11) is 1.48. The average molecular weight is 425 g/mol. The maximum Gasteiger partial charge on any atom is 0.315 e. The van der Waals surface area contributed by atoms with E-state index in [1.165, 1.54) is 19.2 Å². The molecule has 160 valence electrons. The SMILES string of the molecule is COc1ccc(C(NC(=O)C(F)F)C(=O)c2ccc(OCc3ccccc3)cc2)cc1. The molecule has 3 rings (SSSR count). The fourth-order valence-corrected chi connectivity index (χ4v) is 2.92. The summed E-state index contributed by atoms with van der Waals surface area (Å²) in [5.41, 5.74) is 1.61. The minimum Gasteiger partial charge on any atom is -0.497 e. The van der Waals surface area contributed by atoms with Crippen LogP contribution < -0.4 is 14.8 Å². The third-order valence-electron chi connectivity index (χ3n) is 4.58. The van der Waals surface area contributed by atoms with Crippen LogP contribution in [0.3, 0.4) is 0 Å². The van der Waals surface area contributed by atoms with Crippen molar-refractivity contribution in [3.8, 4) is 11.5 Å². The molecule has 0 aliphatic rings. The van der Waals surface area contributed by atoms with Crippen molar-refractivity contribution in [2.45, 2.75) is 19.1 Å². The minimum absolute atomic E-state index is 0.252. The first-order valence-electron chi connectivity index (χ1n) is 9.51. The number of alkyl halides is 2. The van der Waals surface area contributed by atoms with Crippen molar-refractivity contribution in [3.63, 3.8) is 0 Å². The Morgan fingerprint density at radius 2 is 1.48 bits per heavy atom. The van der Waals surface area contributed by atoms with Crippen LogP contribution in [-0.4, -0.2) is 25.2 Å². The highest BCUT2D eigenvalue weighted by Crippen LogP contribution is 2.23. The van der Waals surface area contributed by atoms with Gasteiger partial charge in [0.05, 0.1) is 7.11 Å². The van der Waals surface area contributed by atoms with E-state index in [9.17, 15) is 18.4 Å². The smallest absolute Gasteiger partial charge is 0.315 e. The van der Waals surface area contributed by atoms with Crippen LogP contribution in [0, 0.1) is 0 Å². The van der Waals surface area contributed by atoms with Gasteiger partial charge >= 0.3 is 6.43 Å². The first-order valence-corrected chi connectivity index (χ1v) is 9.51. The van der Waals surface area contributed by atoms with Gasteiger partial charge in [-0.25, -0.2) is 0 Å². The highest BCUT2D eigenvalue weighted by atomic mass is 19.3. The van der Waals surface area contributed by atoms with Crippen LogP contribution in [0.2, 0.25) is 0 Å². The molecule has 0 fully saturated rings. The van der Waals surface area contributed by atoms with Crippen molar-refractivity contribution in [2.24, 2.45) is 0 Å². The van der Waals surface area contributed by atoms with Crippen molar-refractivity contribution < 1.29 is 27.8 Å². The molecule has 1 N–H and O–H groups in total. The lowest BCUT2D eigenvalue weighted by molar-refractivity contribution is -0.132. The van der Waals surface area contributed by atoms with Crippen molar-refractivity contribution >= 4 is 11.7 Å². The molecular weight excluding hydrogens is 404 g/mol. The number of ether oxygens (including phenoxy) is 2. The van der Waals surface area contributed by atoms with Gasteiger partial charge in [0.2, 0.25) is 0 Å². The molecule has 1 amide bonds. The van der Waals surface area contributed by atoms with Crippen molar-refractivity contribution in [1.82, 2.24) is 5.32 Å². The molecule has 0 aromatic heterocycles. The number of hydrogen-bond donors (Lipinski definition) is 1. The van der Waals surface area contributed by atoms with E-state index >= 15 is 0 Å². The summed E-state index contributed by atoms with van der Waals surface area (Å²) in [6, 6.07) is 20.9. The third-order valence-corrected chi connectivity index (χ3v) is 4.58. The van der Waals surface area contributed by atoms with Crippen molar-refractivity contribution in [2.75, 3.05) is 7.11 Å². The predicted octanol–water partition coefficient (Wildman–Crippen LogP) is 4.58. The molecule has 0 aliphatic heterocycles. The van der Waals surface area contributed by atoms with Crippen LogP contribution in [0.15, 0.2) is 78.9 Å². The number of Topliss-reactive ketones (excluding diaryl/α,β-unsaturated/α-hetero) is 1. The lowest BCUT2D eigenvalue weighted by Gasteiger charge is -2.18. The second kappa shape index (κ2) is 10.3. The lowest BCUT2D eigenvalue weighted by Crippen LogP contribution is -2.37. The number of ketones is 1. The Morgan fingerprint density at radius 1 is 0.871 bits per heavy atom. The van der Waals surface area contributed by atoms with Crippen LogP contribution in [0.5, 0.6) is 11.5 Å². The van der Waals surface area contributed by atoms with Gasteiger partial charge in [-0.2, -0.15) is 8.78 Å². The minimum atomic E-state index is -3.23. The number of carbonyl (C=O) groups excluding carboxylic acids is 2. The van der Waals surface area contributed by atoms with Crippen molar-refractivity contribution in [3.05, 3.63) is 95.6 Å². The zero-order valence-corrected chi connectivity index (χ0v) is 16.8. The van der Waals surface area contributed by atoms with Gasteiger partial charge in [0.15, 0.2) is 5.78 Å². The fraction of sp³-hybridized carbons (Fsp3) is 0.167. The second-order valence-corrected chi connectivity index (χ2v) is 6.68. The molecule has 3 aromatic carbocycles. The van der Waals surface area contributed by atoms with Gasteiger partial charge < -0.3 is 14.8 Å². The van der Waals surface area contributed by atoms with Crippen LogP contribution in [0.1, 0.15) is 27.5 Å². The van der Waals surface area contributed by atoms with Gasteiger partial charge in [0.1, 0.15) is 24.1 Å². The number of carbonyl (C=O) groups is 2. The molecule has 3 aromatic rings. The van der Waals surface area contributed by atoms with Crippen molar-refractivity contribution in [1.29, 1.82) is 0 Å². The van der Waals surface area contributed by atoms with Gasteiger partial charge in [-0.1, -0.05) is 42.5 Å². The van der Waals surface area contributed by atoms with Gasteiger partial charge in [0.25, 0.3) is 5.91 Å². The Bertz CT molecular complexity index is 1010. The molecule has 0 radical (unpaired) electrons. The average Bonchev–Trinajstić information content (AvgIpc) is 2.81. The summed E-state index contributed by atoms with van der Waals surface area (Å²) >= 11 is 0. The number of benzene rings is 3. The van der Waals surface area contributed by atoms with Gasteiger partial charge in [-0.05, 0) is 47.5 Å². The lowest BCUT2D eigenvalue weighted by atomic mass is 9.97. The first-order chi connectivity index (χ1) is 15.0. The zero-order valence-electron chi connectivity index (χ0n) is 16.8. The summed E-state index contributed by atoms with van der Waals surface area (Å²) in [4.78, 5) is 24.6. The van der Waals surface area contributed by atoms with Gasteiger partial charge in [0, 0.05) is 5.56 Å². The van der Waals surface area contributed by atoms with E-state index in [0.717, 1.165) is 5.56 Å². The molecule has 7 heteroatoms. The Hall–Kier alpha value is -3.74. The summed E-state index contributed by atoms with van der Waals surface area (Å²) < 4.78 is 36.4. The van der Waals surface area contributed by atoms with Gasteiger partial charge in [-0.3, -0.25) is 9.59 Å². The van der Waals surface area contributed by atoms with E-state index < -0.39 is 24.2 Å². The molecule has 0 bridgehead atoms. The molecule has 0 saturated carbocycles. The number of rotatable bonds is 9. The van der Waals surface area contributed by atoms with E-state index in [1.807, 2.05) is 30.3 Å². The highest BCUT2D eigenvalue weighted by Gasteiger charge is 2.27. The predicted molar refractivity (Wildman–Crippen MR) is 111 cm³/mol. The summed E-state index contributed by atoms with van der Waals surface area (Å²) in [5, 5.41) is 2.12. The molecule has 1 unspecified atom stereocenters. The Kier molecular flexibility index (Phi) is 7.32. The zero-order chi connectivity index (χ0) is 22.2. The quantitative estimate of drug-likeness (QED) is 0.510. The summed E-state index contributed by atoms with van der Waals surface area (Å²) in [6.07, 6.45) is -3.23. The van der Waals surface area contributed by atoms with Crippen LogP contribution in [0.4, 0.5) is 8.78 Å². The number of amides is 1. The third kappa shape index (κ3) is 5.88. The maximum absolute atomic E-state index is 13.0. The van der Waals surface area contributed by atoms with Crippen LogP contribution in [-0.2, 0) is 11.4 Å². The number of methoxy groups -OCH3 is 1. The van der Waals surface area contributed by atoms with E-state index in [0.29, 0.717) is 23.7 Å². The molecule has 1 atom stereocenters. The van der Waals surface area contributed by atoms with E-state index in [4.69, 9.17) is 9.47 Å². The normalized spacial score (nSPS) is 11.6. The maximum atomic E-state index is 13.0. The molecular formula is C24H21F2NO4. The van der Waals surface area contributed by atoms with Crippen LogP contribution in [0.25, 0.3) is 0 Å². The summed E-state index contributed by atoms with van der Waals surface area (Å²) in [6.45, 7) is 0.368. The Balaban J connectivity index is 1.76. The Morgan fingerprint density at radius 3 is 2.06 bits per heavy atom. The standard InChI is InChI=1S/C24H21F2NO4/c1-30-19-11-7-17(8-12-19)21(27-24(29)23(25)26)22(28)18-9-13-20(14-10-18)31-15-16-5-3-2-4-6-16/h2-14,21,23H,15H2,1H3,(H,27,29). The van der Waals surface area contributed by atoms with E-state index in [2.05, 4.69) is 5.32 Å². The Labute approximate surface area is 178 Å². The largest absolute Gasteiger partial charge is 0.497 e. The monoisotopic (exact) mass is 425 g/mol. The first kappa shape index (κ1) is 22.0. The molecule has 5 nitrogen and oxygen atoms in total. The van der Waals surface area contributed by atoms with Gasteiger partial charge in [-0.15, -0.1) is 0 Å².